The van der Waals surface area contributed by atoms with Crippen LogP contribution in [0.25, 0.3) is 0 Å². The van der Waals surface area contributed by atoms with Crippen molar-refractivity contribution in [3.8, 4) is 0 Å². The number of hydrogen-bond acceptors (Lipinski definition) is 4. The third-order valence-electron chi connectivity index (χ3n) is 5.12. The highest BCUT2D eigenvalue weighted by molar-refractivity contribution is 7.89. The fraction of sp³-hybridized carbons (Fsp3) is 0.476. The molecule has 0 spiro atoms. The number of sulfonamides is 1. The molecule has 2 N–H and O–H groups in total. The van der Waals surface area contributed by atoms with E-state index in [1.807, 2.05) is 0 Å². The number of nitrogens with one attached hydrogen (secondary N) is 2. The van der Waals surface area contributed by atoms with Crippen LogP contribution >= 0.6 is 0 Å². The van der Waals surface area contributed by atoms with E-state index in [4.69, 9.17) is 4.74 Å². The van der Waals surface area contributed by atoms with Crippen molar-refractivity contribution in [1.82, 2.24) is 4.31 Å². The largest absolute Gasteiger partial charge is 0.379 e. The quantitative estimate of drug-likeness (QED) is 0.770. The van der Waals surface area contributed by atoms with Crippen molar-refractivity contribution in [2.45, 2.75) is 38.1 Å². The first kappa shape index (κ1) is 20.8. The van der Waals surface area contributed by atoms with Crippen molar-refractivity contribution in [2.75, 3.05) is 31.6 Å². The first-order chi connectivity index (χ1) is 13.4. The van der Waals surface area contributed by atoms with Crippen molar-refractivity contribution >= 4 is 15.8 Å². The van der Waals surface area contributed by atoms with Crippen molar-refractivity contribution in [3.05, 3.63) is 53.7 Å². The molecular formula is C21H30N3O3S+. The number of aromatic amines is 1. The maximum absolute atomic E-state index is 12.7. The number of aryl methyl sites for hydroxylation is 1. The Morgan fingerprint density at radius 2 is 1.79 bits per heavy atom. The maximum atomic E-state index is 12.7. The molecule has 7 heteroatoms. The summed E-state index contributed by atoms with van der Waals surface area (Å²) in [5.41, 5.74) is 2.53. The number of hydrogen-bond donors (Lipinski definition) is 1. The number of nitrogens with zero attached hydrogens (tertiary/aromatic N) is 1. The lowest BCUT2D eigenvalue weighted by Crippen LogP contribution is -2.40. The second kappa shape index (κ2) is 9.03. The molecule has 0 aliphatic carbocycles. The average Bonchev–Trinajstić information content (AvgIpc) is 2.73. The van der Waals surface area contributed by atoms with E-state index in [1.165, 1.54) is 15.4 Å². The smallest absolute Gasteiger partial charge is 0.272 e. The fourth-order valence-corrected chi connectivity index (χ4v) is 4.74. The average molecular weight is 405 g/mol. The SMILES string of the molecule is CCc1ccc([C@@H](Nc2ccc(S(=O)(=O)N3CCOCC3)c[nH+]2)C(C)C)cc1. The van der Waals surface area contributed by atoms with Crippen molar-refractivity contribution < 1.29 is 18.1 Å². The van der Waals surface area contributed by atoms with Gasteiger partial charge in [0, 0.05) is 19.2 Å². The lowest BCUT2D eigenvalue weighted by molar-refractivity contribution is -0.364. The Balaban J connectivity index is 1.76. The van der Waals surface area contributed by atoms with Crippen molar-refractivity contribution in [2.24, 2.45) is 5.92 Å². The number of H-pyrrole nitrogens is 1. The van der Waals surface area contributed by atoms with Crippen LogP contribution in [-0.4, -0.2) is 39.0 Å². The number of benzene rings is 1. The van der Waals surface area contributed by atoms with Crippen LogP contribution in [-0.2, 0) is 21.2 Å². The number of ether oxygens (including phenoxy) is 1. The first-order valence-corrected chi connectivity index (χ1v) is 11.3. The maximum Gasteiger partial charge on any atom is 0.272 e. The standard InChI is InChI=1S/C21H29N3O3S/c1-4-17-5-7-18(8-6-17)21(16(2)3)23-20-10-9-19(15-22-20)28(25,26)24-11-13-27-14-12-24/h5-10,15-16,21H,4,11-14H2,1-3H3,(H,22,23)/p+1/t21-/m0/s1. The summed E-state index contributed by atoms with van der Waals surface area (Å²) < 4.78 is 32.2. The van der Waals surface area contributed by atoms with E-state index in [9.17, 15) is 8.42 Å². The predicted molar refractivity (Wildman–Crippen MR) is 110 cm³/mol. The van der Waals surface area contributed by atoms with E-state index < -0.39 is 10.0 Å². The second-order valence-electron chi connectivity index (χ2n) is 7.42. The van der Waals surface area contributed by atoms with Gasteiger partial charge in [0.25, 0.3) is 5.82 Å². The van der Waals surface area contributed by atoms with Crippen molar-refractivity contribution in [1.29, 1.82) is 0 Å². The van der Waals surface area contributed by atoms with Gasteiger partial charge in [-0.05, 0) is 29.5 Å². The Hall–Kier alpha value is -1.96. The minimum Gasteiger partial charge on any atom is -0.379 e. The lowest BCUT2D eigenvalue weighted by atomic mass is 9.95. The van der Waals surface area contributed by atoms with Gasteiger partial charge in [0.1, 0.15) is 17.1 Å². The third kappa shape index (κ3) is 4.71. The Bertz CT molecular complexity index is 859. The van der Waals surface area contributed by atoms with Crippen LogP contribution in [0.1, 0.15) is 37.9 Å². The van der Waals surface area contributed by atoms with E-state index in [-0.39, 0.29) is 10.9 Å². The molecule has 1 fully saturated rings. The number of pyridine rings is 1. The van der Waals surface area contributed by atoms with Crippen LogP contribution in [0.5, 0.6) is 0 Å². The van der Waals surface area contributed by atoms with Crippen LogP contribution in [0.4, 0.5) is 5.82 Å². The molecule has 6 nitrogen and oxygen atoms in total. The minimum atomic E-state index is -3.49. The lowest BCUT2D eigenvalue weighted by Gasteiger charge is -2.25. The molecule has 0 amide bonds. The van der Waals surface area contributed by atoms with Gasteiger partial charge in [-0.25, -0.2) is 13.4 Å². The van der Waals surface area contributed by atoms with Gasteiger partial charge in [0.05, 0.1) is 13.2 Å². The van der Waals surface area contributed by atoms with Gasteiger partial charge in [0.15, 0.2) is 0 Å². The summed E-state index contributed by atoms with van der Waals surface area (Å²) in [5, 5.41) is 3.51. The summed E-state index contributed by atoms with van der Waals surface area (Å²) in [6.45, 7) is 8.15. The second-order valence-corrected chi connectivity index (χ2v) is 9.35. The molecule has 1 aromatic carbocycles. The summed E-state index contributed by atoms with van der Waals surface area (Å²) in [7, 11) is -3.49. The Morgan fingerprint density at radius 3 is 2.32 bits per heavy atom. The highest BCUT2D eigenvalue weighted by Gasteiger charge is 2.28. The topological polar surface area (TPSA) is 72.8 Å². The highest BCUT2D eigenvalue weighted by Crippen LogP contribution is 2.26. The third-order valence-corrected chi connectivity index (χ3v) is 7.01. The molecule has 0 saturated carbocycles. The number of rotatable bonds is 7. The van der Waals surface area contributed by atoms with Crippen molar-refractivity contribution in [3.63, 3.8) is 0 Å². The van der Waals surface area contributed by atoms with Crippen LogP contribution in [0.15, 0.2) is 47.5 Å². The van der Waals surface area contributed by atoms with Gasteiger partial charge >= 0.3 is 0 Å². The highest BCUT2D eigenvalue weighted by atomic mass is 32.2. The predicted octanol–water partition coefficient (Wildman–Crippen LogP) is 2.89. The van der Waals surface area contributed by atoms with E-state index in [0.29, 0.717) is 32.2 Å². The molecule has 0 radical (unpaired) electrons. The monoisotopic (exact) mass is 404 g/mol. The van der Waals surface area contributed by atoms with Gasteiger partial charge < -0.3 is 4.74 Å². The summed E-state index contributed by atoms with van der Waals surface area (Å²) in [5.74, 6) is 1.16. The van der Waals surface area contributed by atoms with Gasteiger partial charge in [0.2, 0.25) is 10.0 Å². The molecule has 3 rings (SSSR count). The summed E-state index contributed by atoms with van der Waals surface area (Å²) in [4.78, 5) is 3.38. The molecule has 1 aliphatic rings. The number of morpholine rings is 1. The first-order valence-electron chi connectivity index (χ1n) is 9.87. The zero-order valence-electron chi connectivity index (χ0n) is 16.8. The van der Waals surface area contributed by atoms with E-state index in [0.717, 1.165) is 12.2 Å². The van der Waals surface area contributed by atoms with Crippen LogP contribution in [0.3, 0.4) is 0 Å². The molecule has 2 heterocycles. The van der Waals surface area contributed by atoms with E-state index in [1.54, 1.807) is 18.3 Å². The molecule has 0 unspecified atom stereocenters. The minimum absolute atomic E-state index is 0.129. The van der Waals surface area contributed by atoms with Crippen LogP contribution in [0, 0.1) is 5.92 Å². The van der Waals surface area contributed by atoms with Gasteiger partial charge in [-0.1, -0.05) is 45.0 Å². The molecule has 1 atom stereocenters. The number of anilines is 1. The molecule has 0 bridgehead atoms. The van der Waals surface area contributed by atoms with Crippen LogP contribution < -0.4 is 10.3 Å². The Morgan fingerprint density at radius 1 is 1.11 bits per heavy atom. The van der Waals surface area contributed by atoms with Gasteiger partial charge in [-0.15, -0.1) is 0 Å². The molecule has 1 aromatic heterocycles. The van der Waals surface area contributed by atoms with E-state index >= 15 is 0 Å². The fourth-order valence-electron chi connectivity index (χ4n) is 3.36. The Labute approximate surface area is 168 Å². The van der Waals surface area contributed by atoms with Gasteiger partial charge in [-0.3, -0.25) is 5.32 Å². The zero-order valence-corrected chi connectivity index (χ0v) is 17.6. The number of aromatic nitrogens is 1. The van der Waals surface area contributed by atoms with E-state index in [2.05, 4.69) is 55.3 Å². The van der Waals surface area contributed by atoms with Gasteiger partial charge in [-0.2, -0.15) is 4.31 Å². The molecule has 28 heavy (non-hydrogen) atoms. The zero-order chi connectivity index (χ0) is 20.1. The molecule has 2 aromatic rings. The summed E-state index contributed by atoms with van der Waals surface area (Å²) >= 11 is 0. The van der Waals surface area contributed by atoms with Crippen LogP contribution in [0.2, 0.25) is 0 Å². The normalized spacial score (nSPS) is 16.9. The molecule has 152 valence electrons. The summed E-state index contributed by atoms with van der Waals surface area (Å²) in [6.07, 6.45) is 2.58. The molecular weight excluding hydrogens is 374 g/mol. The Kier molecular flexibility index (Phi) is 6.69. The summed E-state index contributed by atoms with van der Waals surface area (Å²) in [6, 6.07) is 12.2. The molecule has 1 saturated heterocycles. The molecule has 1 aliphatic heterocycles.